The lowest BCUT2D eigenvalue weighted by Gasteiger charge is -2.25. The van der Waals surface area contributed by atoms with Crippen LogP contribution in [0.1, 0.15) is 41.9 Å². The number of benzene rings is 1. The molecule has 2 heterocycles. The van der Waals surface area contributed by atoms with Crippen molar-refractivity contribution in [2.45, 2.75) is 31.8 Å². The van der Waals surface area contributed by atoms with Crippen LogP contribution in [0.2, 0.25) is 5.02 Å². The molecule has 1 fully saturated rings. The molecule has 1 aliphatic heterocycles. The average Bonchev–Trinajstić information content (AvgIpc) is 3.26. The first-order chi connectivity index (χ1) is 11.6. The summed E-state index contributed by atoms with van der Waals surface area (Å²) < 4.78 is 5.16. The van der Waals surface area contributed by atoms with E-state index in [1.165, 1.54) is 6.26 Å². The van der Waals surface area contributed by atoms with Gasteiger partial charge in [0.25, 0.3) is 5.91 Å². The molecular weight excluding hydrogens is 328 g/mol. The van der Waals surface area contributed by atoms with Gasteiger partial charge in [0, 0.05) is 11.6 Å². The van der Waals surface area contributed by atoms with Crippen LogP contribution in [0, 0.1) is 0 Å². The Labute approximate surface area is 145 Å². The van der Waals surface area contributed by atoms with Gasteiger partial charge in [-0.25, -0.2) is 0 Å². The number of nitrogens with one attached hydrogen (secondary N) is 1. The summed E-state index contributed by atoms with van der Waals surface area (Å²) >= 11 is 5.89. The molecule has 2 aromatic rings. The second kappa shape index (κ2) is 7.09. The Morgan fingerprint density at radius 3 is 2.71 bits per heavy atom. The van der Waals surface area contributed by atoms with Gasteiger partial charge < -0.3 is 14.6 Å². The number of rotatable bonds is 4. The van der Waals surface area contributed by atoms with Crippen LogP contribution in [-0.2, 0) is 4.79 Å². The van der Waals surface area contributed by atoms with Crippen molar-refractivity contribution in [3.63, 3.8) is 0 Å². The van der Waals surface area contributed by atoms with E-state index in [1.54, 1.807) is 29.2 Å². The average molecular weight is 347 g/mol. The molecule has 3 rings (SSSR count). The highest BCUT2D eigenvalue weighted by atomic mass is 35.5. The molecule has 1 aromatic carbocycles. The Kier molecular flexibility index (Phi) is 4.90. The van der Waals surface area contributed by atoms with Gasteiger partial charge in [0.05, 0.1) is 12.3 Å². The molecule has 126 valence electrons. The molecule has 2 unspecified atom stereocenters. The number of likely N-dealkylation sites (tertiary alicyclic amines) is 1. The summed E-state index contributed by atoms with van der Waals surface area (Å²) in [7, 11) is 0. The minimum absolute atomic E-state index is 0.144. The zero-order chi connectivity index (χ0) is 17.1. The summed E-state index contributed by atoms with van der Waals surface area (Å²) in [5, 5.41) is 3.64. The zero-order valence-corrected chi connectivity index (χ0v) is 14.1. The molecule has 1 N–H and O–H groups in total. The largest absolute Gasteiger partial charge is 0.459 e. The first kappa shape index (κ1) is 16.6. The summed E-state index contributed by atoms with van der Waals surface area (Å²) in [5.41, 5.74) is 0.967. The first-order valence-corrected chi connectivity index (χ1v) is 8.34. The van der Waals surface area contributed by atoms with Gasteiger partial charge in [-0.2, -0.15) is 0 Å². The Morgan fingerprint density at radius 1 is 1.29 bits per heavy atom. The molecule has 1 saturated heterocycles. The molecule has 2 atom stereocenters. The molecule has 1 aliphatic rings. The van der Waals surface area contributed by atoms with Gasteiger partial charge in [0.15, 0.2) is 5.76 Å². The van der Waals surface area contributed by atoms with E-state index in [0.717, 1.165) is 12.0 Å². The van der Waals surface area contributed by atoms with Crippen molar-refractivity contribution >= 4 is 23.4 Å². The Hall–Kier alpha value is -2.27. The minimum Gasteiger partial charge on any atom is -0.459 e. The summed E-state index contributed by atoms with van der Waals surface area (Å²) in [4.78, 5) is 26.7. The van der Waals surface area contributed by atoms with Crippen LogP contribution in [0.25, 0.3) is 0 Å². The number of halogens is 1. The van der Waals surface area contributed by atoms with E-state index in [0.29, 0.717) is 18.0 Å². The maximum atomic E-state index is 12.6. The van der Waals surface area contributed by atoms with Crippen molar-refractivity contribution in [1.29, 1.82) is 0 Å². The Morgan fingerprint density at radius 2 is 2.04 bits per heavy atom. The van der Waals surface area contributed by atoms with Crippen molar-refractivity contribution < 1.29 is 14.0 Å². The number of amides is 2. The van der Waals surface area contributed by atoms with E-state index >= 15 is 0 Å². The van der Waals surface area contributed by atoms with Crippen molar-refractivity contribution in [3.05, 3.63) is 59.0 Å². The summed E-state index contributed by atoms with van der Waals surface area (Å²) in [6.45, 7) is 2.47. The highest BCUT2D eigenvalue weighted by Gasteiger charge is 2.35. The van der Waals surface area contributed by atoms with Crippen LogP contribution in [0.15, 0.2) is 47.1 Å². The maximum Gasteiger partial charge on any atom is 0.290 e. The standard InChI is InChI=1S/C18H19ClN2O3/c1-12(13-6-8-14(19)9-7-13)20-17(22)15-4-2-10-21(15)18(23)16-5-3-11-24-16/h3,5-9,11-12,15H,2,4,10H2,1H3,(H,20,22). The number of nitrogens with zero attached hydrogens (tertiary/aromatic N) is 1. The first-order valence-electron chi connectivity index (χ1n) is 7.96. The zero-order valence-electron chi connectivity index (χ0n) is 13.4. The summed E-state index contributed by atoms with van der Waals surface area (Å²) in [6.07, 6.45) is 2.92. The Balaban J connectivity index is 1.67. The SMILES string of the molecule is CC(NC(=O)C1CCCN1C(=O)c1ccco1)c1ccc(Cl)cc1. The summed E-state index contributed by atoms with van der Waals surface area (Å²) in [5.74, 6) is -0.118. The number of hydrogen-bond acceptors (Lipinski definition) is 3. The van der Waals surface area contributed by atoms with E-state index in [9.17, 15) is 9.59 Å². The number of carbonyl (C=O) groups excluding carboxylic acids is 2. The normalized spacial score (nSPS) is 18.4. The van der Waals surface area contributed by atoms with E-state index in [1.807, 2.05) is 19.1 Å². The molecule has 5 nitrogen and oxygen atoms in total. The van der Waals surface area contributed by atoms with Gasteiger partial charge in [-0.3, -0.25) is 9.59 Å². The van der Waals surface area contributed by atoms with Gasteiger partial charge in [-0.1, -0.05) is 23.7 Å². The van der Waals surface area contributed by atoms with Crippen LogP contribution >= 0.6 is 11.6 Å². The molecule has 0 saturated carbocycles. The highest BCUT2D eigenvalue weighted by Crippen LogP contribution is 2.22. The van der Waals surface area contributed by atoms with Crippen molar-refractivity contribution in [1.82, 2.24) is 10.2 Å². The lowest BCUT2D eigenvalue weighted by atomic mass is 10.1. The van der Waals surface area contributed by atoms with Gasteiger partial charge in [-0.05, 0) is 49.6 Å². The number of furan rings is 1. The molecule has 2 amide bonds. The smallest absolute Gasteiger partial charge is 0.290 e. The second-order valence-corrected chi connectivity index (χ2v) is 6.35. The van der Waals surface area contributed by atoms with Crippen molar-refractivity contribution in [2.75, 3.05) is 6.54 Å². The van der Waals surface area contributed by atoms with E-state index in [2.05, 4.69) is 5.32 Å². The van der Waals surface area contributed by atoms with Gasteiger partial charge >= 0.3 is 0 Å². The second-order valence-electron chi connectivity index (χ2n) is 5.92. The van der Waals surface area contributed by atoms with Crippen molar-refractivity contribution in [2.24, 2.45) is 0 Å². The van der Waals surface area contributed by atoms with E-state index < -0.39 is 6.04 Å². The lowest BCUT2D eigenvalue weighted by Crippen LogP contribution is -2.46. The van der Waals surface area contributed by atoms with Crippen LogP contribution < -0.4 is 5.32 Å². The molecule has 1 aromatic heterocycles. The third kappa shape index (κ3) is 3.46. The topological polar surface area (TPSA) is 62.6 Å². The third-order valence-corrected chi connectivity index (χ3v) is 4.53. The number of carbonyl (C=O) groups is 2. The molecule has 6 heteroatoms. The fourth-order valence-electron chi connectivity index (χ4n) is 2.97. The fraction of sp³-hybridized carbons (Fsp3) is 0.333. The van der Waals surface area contributed by atoms with E-state index in [4.69, 9.17) is 16.0 Å². The molecule has 0 radical (unpaired) electrons. The molecule has 0 bridgehead atoms. The predicted molar refractivity (Wildman–Crippen MR) is 90.8 cm³/mol. The Bertz CT molecular complexity index is 712. The van der Waals surface area contributed by atoms with Gasteiger partial charge in [0.2, 0.25) is 5.91 Å². The van der Waals surface area contributed by atoms with Gasteiger partial charge in [-0.15, -0.1) is 0 Å². The molecule has 0 spiro atoms. The van der Waals surface area contributed by atoms with Crippen LogP contribution in [0.3, 0.4) is 0 Å². The monoisotopic (exact) mass is 346 g/mol. The maximum absolute atomic E-state index is 12.6. The summed E-state index contributed by atoms with van der Waals surface area (Å²) in [6, 6.07) is 10.0. The third-order valence-electron chi connectivity index (χ3n) is 4.28. The molecule has 0 aliphatic carbocycles. The van der Waals surface area contributed by atoms with Crippen LogP contribution in [-0.4, -0.2) is 29.3 Å². The quantitative estimate of drug-likeness (QED) is 0.922. The lowest BCUT2D eigenvalue weighted by molar-refractivity contribution is -0.125. The predicted octanol–water partition coefficient (Wildman–Crippen LogP) is 3.42. The minimum atomic E-state index is -0.461. The fourth-order valence-corrected chi connectivity index (χ4v) is 3.09. The van der Waals surface area contributed by atoms with E-state index in [-0.39, 0.29) is 23.6 Å². The molecule has 24 heavy (non-hydrogen) atoms. The van der Waals surface area contributed by atoms with Gasteiger partial charge in [0.1, 0.15) is 6.04 Å². The number of hydrogen-bond donors (Lipinski definition) is 1. The molecular formula is C18H19ClN2O3. The van der Waals surface area contributed by atoms with Crippen molar-refractivity contribution in [3.8, 4) is 0 Å². The van der Waals surface area contributed by atoms with Crippen LogP contribution in [0.4, 0.5) is 0 Å². The van der Waals surface area contributed by atoms with Crippen LogP contribution in [0.5, 0.6) is 0 Å². The highest BCUT2D eigenvalue weighted by molar-refractivity contribution is 6.30.